The first-order valence-corrected chi connectivity index (χ1v) is 32.1. The van der Waals surface area contributed by atoms with Gasteiger partial charge in [0.05, 0.1) is 28.7 Å². The third-order valence-corrected chi connectivity index (χ3v) is 19.1. The fraction of sp³-hybridized carbons (Fsp3) is 0. The lowest BCUT2D eigenvalue weighted by Gasteiger charge is -2.48. The predicted molar refractivity (Wildman–Crippen MR) is 394 cm³/mol. The van der Waals surface area contributed by atoms with Gasteiger partial charge in [0.1, 0.15) is 0 Å². The van der Waals surface area contributed by atoms with Gasteiger partial charge in [0.15, 0.2) is 0 Å². The van der Waals surface area contributed by atoms with E-state index in [2.05, 4.69) is 375 Å². The molecule has 0 aromatic heterocycles. The fourth-order valence-electron chi connectivity index (χ4n) is 15.3. The number of nitriles is 1. The Labute approximate surface area is 548 Å². The lowest BCUT2D eigenvalue weighted by atomic mass is 9.30. The normalized spacial score (nSPS) is 12.8. The van der Waals surface area contributed by atoms with E-state index in [9.17, 15) is 5.26 Å². The van der Waals surface area contributed by atoms with Gasteiger partial charge in [-0.25, -0.2) is 0 Å². The molecule has 14 aromatic carbocycles. The van der Waals surface area contributed by atoms with Crippen LogP contribution in [0.4, 0.5) is 102 Å². The van der Waals surface area contributed by atoms with Crippen LogP contribution in [0, 0.1) is 11.3 Å². The van der Waals surface area contributed by atoms with E-state index < -0.39 is 0 Å². The quantitative estimate of drug-likeness (QED) is 0.120. The number of rotatable bonds is 11. The van der Waals surface area contributed by atoms with Gasteiger partial charge in [-0.3, -0.25) is 0 Å². The molecule has 0 amide bonds. The Morgan fingerprint density at radius 2 is 0.574 bits per heavy atom. The molecule has 0 saturated carbocycles. The van der Waals surface area contributed by atoms with Gasteiger partial charge in [0, 0.05) is 90.9 Å². The molecule has 4 aliphatic heterocycles. The highest BCUT2D eigenvalue weighted by Crippen LogP contribution is 2.53. The Bertz CT molecular complexity index is 5170. The Balaban J connectivity index is 0.967. The molecule has 0 atom stereocenters. The van der Waals surface area contributed by atoms with Crippen molar-refractivity contribution in [2.75, 3.05) is 29.4 Å². The minimum absolute atomic E-state index is 0.196. The Morgan fingerprint density at radius 1 is 0.245 bits per heavy atom. The molecule has 0 spiro atoms. The van der Waals surface area contributed by atoms with Gasteiger partial charge >= 0.3 is 0 Å². The van der Waals surface area contributed by atoms with Crippen LogP contribution >= 0.6 is 0 Å². The first kappa shape index (κ1) is 54.4. The number of hydrogen-bond acceptors (Lipinski definition) is 7. The first-order valence-electron chi connectivity index (χ1n) is 32.1. The Hall–Kier alpha value is -12.5. The second-order valence-corrected chi connectivity index (χ2v) is 24.3. The highest BCUT2D eigenvalue weighted by molar-refractivity contribution is 7.03. The van der Waals surface area contributed by atoms with Crippen LogP contribution in [0.25, 0.3) is 11.1 Å². The van der Waals surface area contributed by atoms with Gasteiger partial charge in [0.25, 0.3) is 13.4 Å². The van der Waals surface area contributed by atoms with Gasteiger partial charge in [-0.2, -0.15) is 5.26 Å². The van der Waals surface area contributed by atoms with Crippen molar-refractivity contribution in [1.29, 1.82) is 5.26 Å². The molecule has 18 rings (SSSR count). The SMILES string of the molecule is N#Cc1ccc(N2c3ccccc3B3c4cc5c(cc4N(c4ccccc4)c4cc(N(c6ccccc6)c6ccccc6)cc2c43)N(c2ccccc2)c2cc(N(c3ccccc3)c3ccccc3)cc3c2B5c2ccccc2N3c2ccccc2)c(-c2ccccc2)c1. The summed E-state index contributed by atoms with van der Waals surface area (Å²) in [5.41, 5.74) is 29.0. The number of benzene rings is 14. The summed E-state index contributed by atoms with van der Waals surface area (Å²) in [5.74, 6) is 0. The molecule has 0 N–H and O–H groups in total. The van der Waals surface area contributed by atoms with Crippen molar-refractivity contribution in [3.63, 3.8) is 0 Å². The van der Waals surface area contributed by atoms with Gasteiger partial charge < -0.3 is 29.4 Å². The summed E-state index contributed by atoms with van der Waals surface area (Å²) in [6.45, 7) is -0.441. The zero-order chi connectivity index (χ0) is 62.2. The minimum atomic E-state index is -0.245. The smallest absolute Gasteiger partial charge is 0.252 e. The summed E-state index contributed by atoms with van der Waals surface area (Å²) in [7, 11) is 0. The standard InChI is InChI=1S/C85H57B2N7/c88-58-59-49-50-75(70(51-59)60-29-9-1-10-30-60)94-77-48-28-26-46-72(77)87-74-56-73-78(57-79(74)93(67-43-23-8-24-44-67)82-54-69(55-83(94)85(82)87)90(63-35-15-4-16-36-63)64-37-17-5-18-38-64)92(66-41-21-7-22-42-66)81-53-68(89(61-31-11-2-12-32-61)62-33-13-3-14-34-62)52-80-84(81)86(73)71-45-25-27-47-76(71)91(80)65-39-19-6-20-40-65/h1-57H. The van der Waals surface area contributed by atoms with E-state index in [4.69, 9.17) is 0 Å². The topological polar surface area (TPSA) is 43.2 Å². The van der Waals surface area contributed by atoms with Crippen LogP contribution in [-0.4, -0.2) is 13.4 Å². The van der Waals surface area contributed by atoms with Crippen LogP contribution < -0.4 is 62.2 Å². The van der Waals surface area contributed by atoms with Crippen molar-refractivity contribution >= 4 is 149 Å². The van der Waals surface area contributed by atoms with E-state index in [1.807, 2.05) is 6.07 Å². The lowest BCUT2D eigenvalue weighted by Crippen LogP contribution is -2.65. The lowest BCUT2D eigenvalue weighted by molar-refractivity contribution is 1.21. The molecule has 0 unspecified atom stereocenters. The summed E-state index contributed by atoms with van der Waals surface area (Å²) in [6.07, 6.45) is 0. The summed E-state index contributed by atoms with van der Waals surface area (Å²) < 4.78 is 0. The largest absolute Gasteiger partial charge is 0.311 e. The highest BCUT2D eigenvalue weighted by atomic mass is 15.2. The number of para-hydroxylation sites is 9. The maximum Gasteiger partial charge on any atom is 0.252 e. The fourth-order valence-corrected chi connectivity index (χ4v) is 15.3. The van der Waals surface area contributed by atoms with Crippen LogP contribution in [0.5, 0.6) is 0 Å². The molecule has 7 nitrogen and oxygen atoms in total. The molecule has 9 heteroatoms. The highest BCUT2D eigenvalue weighted by Gasteiger charge is 2.49. The average Bonchev–Trinajstić information content (AvgIpc) is 0.687. The Morgan fingerprint density at radius 3 is 0.968 bits per heavy atom. The molecule has 0 saturated heterocycles. The van der Waals surface area contributed by atoms with E-state index in [1.54, 1.807) is 0 Å². The van der Waals surface area contributed by atoms with Crippen LogP contribution in [0.2, 0.25) is 0 Å². The number of hydrogen-bond donors (Lipinski definition) is 0. The van der Waals surface area contributed by atoms with Crippen molar-refractivity contribution in [1.82, 2.24) is 0 Å². The molecule has 4 aliphatic rings. The molecule has 94 heavy (non-hydrogen) atoms. The molecular formula is C85H57B2N7. The third-order valence-electron chi connectivity index (χ3n) is 19.1. The molecule has 438 valence electrons. The number of nitrogens with zero attached hydrogens (tertiary/aromatic N) is 7. The first-order chi connectivity index (χ1) is 46.6. The molecular weight excluding hydrogens is 1140 g/mol. The van der Waals surface area contributed by atoms with Crippen molar-refractivity contribution in [3.05, 3.63) is 351 Å². The van der Waals surface area contributed by atoms with Crippen LogP contribution in [0.1, 0.15) is 5.56 Å². The second kappa shape index (κ2) is 22.5. The summed E-state index contributed by atoms with van der Waals surface area (Å²) in [5, 5.41) is 10.6. The van der Waals surface area contributed by atoms with Crippen molar-refractivity contribution < 1.29 is 0 Å². The van der Waals surface area contributed by atoms with E-state index in [1.165, 1.54) is 32.8 Å². The van der Waals surface area contributed by atoms with E-state index >= 15 is 0 Å². The second-order valence-electron chi connectivity index (χ2n) is 24.3. The van der Waals surface area contributed by atoms with Crippen molar-refractivity contribution in [2.45, 2.75) is 0 Å². The maximum atomic E-state index is 10.6. The van der Waals surface area contributed by atoms with Crippen LogP contribution in [0.3, 0.4) is 0 Å². The molecule has 0 aliphatic carbocycles. The average molecular weight is 1200 g/mol. The van der Waals surface area contributed by atoms with Gasteiger partial charge in [-0.1, -0.05) is 200 Å². The van der Waals surface area contributed by atoms with Crippen LogP contribution in [0.15, 0.2) is 346 Å². The molecule has 4 heterocycles. The van der Waals surface area contributed by atoms with Crippen molar-refractivity contribution in [2.24, 2.45) is 0 Å². The monoisotopic (exact) mass is 1200 g/mol. The van der Waals surface area contributed by atoms with E-state index in [0.717, 1.165) is 113 Å². The summed E-state index contributed by atoms with van der Waals surface area (Å²) in [4.78, 5) is 14.9. The predicted octanol–water partition coefficient (Wildman–Crippen LogP) is 18.3. The van der Waals surface area contributed by atoms with Gasteiger partial charge in [-0.15, -0.1) is 0 Å². The van der Waals surface area contributed by atoms with Gasteiger partial charge in [-0.05, 0) is 184 Å². The molecule has 0 radical (unpaired) electrons. The molecule has 0 bridgehead atoms. The van der Waals surface area contributed by atoms with E-state index in [-0.39, 0.29) is 13.4 Å². The maximum absolute atomic E-state index is 10.6. The van der Waals surface area contributed by atoms with E-state index in [0.29, 0.717) is 5.56 Å². The zero-order valence-electron chi connectivity index (χ0n) is 51.2. The van der Waals surface area contributed by atoms with Crippen molar-refractivity contribution in [3.8, 4) is 17.2 Å². The zero-order valence-corrected chi connectivity index (χ0v) is 51.2. The minimum Gasteiger partial charge on any atom is -0.311 e. The summed E-state index contributed by atoms with van der Waals surface area (Å²) in [6, 6.07) is 128. The number of fused-ring (bicyclic) bond motifs is 8. The Kier molecular flexibility index (Phi) is 13.0. The van der Waals surface area contributed by atoms with Gasteiger partial charge in [0.2, 0.25) is 0 Å². The molecule has 14 aromatic rings. The third kappa shape index (κ3) is 8.76. The number of anilines is 18. The summed E-state index contributed by atoms with van der Waals surface area (Å²) >= 11 is 0. The van der Waals surface area contributed by atoms with Crippen LogP contribution in [-0.2, 0) is 0 Å². The molecule has 0 fully saturated rings.